The number of aryl methyl sites for hydroxylation is 1. The molecule has 11 nitrogen and oxygen atoms in total. The van der Waals surface area contributed by atoms with Crippen LogP contribution in [-0.4, -0.2) is 44.6 Å². The Labute approximate surface area is 196 Å². The summed E-state index contributed by atoms with van der Waals surface area (Å²) >= 11 is 5.99. The normalized spacial score (nSPS) is 13.6. The summed E-state index contributed by atoms with van der Waals surface area (Å²) in [6, 6.07) is 6.61. The van der Waals surface area contributed by atoms with E-state index in [1.165, 1.54) is 38.5 Å². The number of amides is 1. The smallest absolute Gasteiger partial charge is 0.275 e. The fraction of sp³-hybridized carbons (Fsp3) is 0.286. The number of halogens is 1. The Bertz CT molecular complexity index is 1080. The number of amidine groups is 1. The van der Waals surface area contributed by atoms with Crippen molar-refractivity contribution in [3.63, 3.8) is 0 Å². The van der Waals surface area contributed by atoms with Gasteiger partial charge in [-0.15, -0.1) is 0 Å². The quantitative estimate of drug-likeness (QED) is 0.166. The number of pyridine rings is 2. The van der Waals surface area contributed by atoms with Crippen molar-refractivity contribution >= 4 is 29.2 Å². The Balaban J connectivity index is 0.000000442. The number of carbonyl (C=O) groups is 1. The molecule has 0 atom stereocenters. The first-order chi connectivity index (χ1) is 16.0. The third kappa shape index (κ3) is 6.25. The molecule has 0 unspecified atom stereocenters. The zero-order valence-corrected chi connectivity index (χ0v) is 19.0. The van der Waals surface area contributed by atoms with Gasteiger partial charge in [-0.25, -0.2) is 10.8 Å². The van der Waals surface area contributed by atoms with Crippen molar-refractivity contribution in [3.8, 4) is 11.1 Å². The summed E-state index contributed by atoms with van der Waals surface area (Å²) in [7, 11) is 1.73. The van der Waals surface area contributed by atoms with Crippen LogP contribution in [0.4, 0.5) is 5.82 Å². The van der Waals surface area contributed by atoms with Gasteiger partial charge in [0.1, 0.15) is 11.4 Å². The molecule has 0 aliphatic carbocycles. The van der Waals surface area contributed by atoms with Crippen LogP contribution in [0.25, 0.3) is 11.1 Å². The fourth-order valence-electron chi connectivity index (χ4n) is 3.23. The molecule has 1 aliphatic heterocycles. The van der Waals surface area contributed by atoms with Gasteiger partial charge in [0.2, 0.25) is 0 Å². The highest BCUT2D eigenvalue weighted by Gasteiger charge is 2.17. The lowest BCUT2D eigenvalue weighted by Crippen LogP contribution is -2.34. The van der Waals surface area contributed by atoms with Crippen LogP contribution in [0.3, 0.4) is 0 Å². The first kappa shape index (κ1) is 24.1. The van der Waals surface area contributed by atoms with Gasteiger partial charge in [-0.05, 0) is 44.1 Å². The molecule has 0 saturated carbocycles. The van der Waals surface area contributed by atoms with Crippen molar-refractivity contribution in [2.45, 2.75) is 19.3 Å². The fourth-order valence-corrected chi connectivity index (χ4v) is 3.40. The Hall–Kier alpha value is -3.54. The van der Waals surface area contributed by atoms with Crippen LogP contribution in [-0.2, 0) is 7.05 Å². The van der Waals surface area contributed by atoms with Gasteiger partial charge in [0.05, 0.1) is 11.2 Å². The van der Waals surface area contributed by atoms with Gasteiger partial charge >= 0.3 is 0 Å². The Kier molecular flexibility index (Phi) is 8.70. The molecule has 174 valence electrons. The molecule has 7 N–H and O–H groups in total. The number of carbonyl (C=O) groups excluding carboxylic acids is 1. The molecule has 33 heavy (non-hydrogen) atoms. The van der Waals surface area contributed by atoms with E-state index in [1.807, 2.05) is 0 Å². The number of anilines is 1. The van der Waals surface area contributed by atoms with Crippen molar-refractivity contribution in [1.82, 2.24) is 30.5 Å². The first-order valence-corrected chi connectivity index (χ1v) is 10.8. The highest BCUT2D eigenvalue weighted by atomic mass is 35.5. The van der Waals surface area contributed by atoms with E-state index < -0.39 is 5.91 Å². The van der Waals surface area contributed by atoms with Crippen molar-refractivity contribution in [3.05, 3.63) is 59.3 Å². The van der Waals surface area contributed by atoms with E-state index in [2.05, 4.69) is 36.2 Å². The number of hydrogen-bond acceptors (Lipinski definition) is 8. The molecule has 1 amide bonds. The average molecular weight is 471 g/mol. The monoisotopic (exact) mass is 470 g/mol. The minimum atomic E-state index is -0.429. The van der Waals surface area contributed by atoms with Crippen LogP contribution >= 0.6 is 11.6 Å². The molecule has 4 heterocycles. The van der Waals surface area contributed by atoms with Crippen molar-refractivity contribution in [2.75, 3.05) is 18.4 Å². The molecular formula is C21H27ClN10O. The van der Waals surface area contributed by atoms with E-state index in [0.717, 1.165) is 0 Å². The molecule has 4 rings (SSSR count). The molecule has 1 fully saturated rings. The minimum absolute atomic E-state index is 0.204. The minimum Gasteiger partial charge on any atom is -0.321 e. The standard InChI is InChI=1S/C16H16ClN9O.C5H11N/c1-26-13(15(24-18)25-19)10(8-22-26)9-4-5-12(21-7-9)16(27)23-14-11(17)3-2-6-20-14;1-2-4-6-5-3-1/h2-8H,18-19H2,1H3,(H,24,25)(H,20,23,27);6H,1-5H2. The molecular weight excluding hydrogens is 444 g/mol. The molecule has 1 saturated heterocycles. The first-order valence-electron chi connectivity index (χ1n) is 10.4. The van der Waals surface area contributed by atoms with Crippen molar-refractivity contribution in [1.29, 1.82) is 0 Å². The summed E-state index contributed by atoms with van der Waals surface area (Å²) in [5, 5.41) is 14.0. The van der Waals surface area contributed by atoms with Gasteiger partial charge in [-0.1, -0.05) is 24.1 Å². The molecule has 0 radical (unpaired) electrons. The van der Waals surface area contributed by atoms with Crippen LogP contribution in [0.1, 0.15) is 35.4 Å². The van der Waals surface area contributed by atoms with Crippen LogP contribution in [0, 0.1) is 0 Å². The van der Waals surface area contributed by atoms with Gasteiger partial charge in [-0.3, -0.25) is 14.5 Å². The maximum absolute atomic E-state index is 12.3. The van der Waals surface area contributed by atoms with Gasteiger partial charge in [0.25, 0.3) is 5.91 Å². The van der Waals surface area contributed by atoms with Gasteiger partial charge in [0.15, 0.2) is 11.7 Å². The van der Waals surface area contributed by atoms with Crippen molar-refractivity contribution < 1.29 is 4.79 Å². The van der Waals surface area contributed by atoms with Gasteiger partial charge in [-0.2, -0.15) is 10.2 Å². The van der Waals surface area contributed by atoms with E-state index in [9.17, 15) is 4.79 Å². The highest BCUT2D eigenvalue weighted by molar-refractivity contribution is 6.33. The van der Waals surface area contributed by atoms with E-state index in [1.54, 1.807) is 48.4 Å². The number of hydrazine groups is 1. The second-order valence-electron chi connectivity index (χ2n) is 7.18. The molecule has 1 aliphatic rings. The van der Waals surface area contributed by atoms with Crippen LogP contribution in [0.2, 0.25) is 5.02 Å². The SMILES string of the molecule is C1CCNCC1.Cn1ncc(-c2ccc(C(=O)Nc3ncccc3Cl)nc2)c1/C(=N/N)NN. The van der Waals surface area contributed by atoms with Crippen LogP contribution < -0.4 is 27.7 Å². The van der Waals surface area contributed by atoms with Crippen LogP contribution in [0.15, 0.2) is 48.0 Å². The molecule has 0 aromatic carbocycles. The topological polar surface area (TPSA) is 161 Å². The predicted molar refractivity (Wildman–Crippen MR) is 128 cm³/mol. The largest absolute Gasteiger partial charge is 0.321 e. The average Bonchev–Trinajstić information content (AvgIpc) is 3.24. The van der Waals surface area contributed by atoms with Gasteiger partial charge < -0.3 is 21.9 Å². The number of rotatable bonds is 4. The number of piperidine rings is 1. The summed E-state index contributed by atoms with van der Waals surface area (Å²) in [4.78, 5) is 20.5. The molecule has 12 heteroatoms. The zero-order valence-electron chi connectivity index (χ0n) is 18.3. The maximum Gasteiger partial charge on any atom is 0.275 e. The molecule has 0 spiro atoms. The number of nitrogens with one attached hydrogen (secondary N) is 3. The molecule has 3 aromatic rings. The van der Waals surface area contributed by atoms with Crippen LogP contribution in [0.5, 0.6) is 0 Å². The number of nitrogens with zero attached hydrogens (tertiary/aromatic N) is 5. The Morgan fingerprint density at radius 1 is 1.18 bits per heavy atom. The van der Waals surface area contributed by atoms with Crippen molar-refractivity contribution in [2.24, 2.45) is 23.8 Å². The lowest BCUT2D eigenvalue weighted by atomic mass is 10.1. The third-order valence-electron chi connectivity index (χ3n) is 4.93. The van der Waals surface area contributed by atoms with E-state index in [0.29, 0.717) is 21.8 Å². The Morgan fingerprint density at radius 3 is 2.52 bits per heavy atom. The van der Waals surface area contributed by atoms with E-state index >= 15 is 0 Å². The Morgan fingerprint density at radius 2 is 1.97 bits per heavy atom. The summed E-state index contributed by atoms with van der Waals surface area (Å²) in [6.07, 6.45) is 8.92. The predicted octanol–water partition coefficient (Wildman–Crippen LogP) is 1.63. The maximum atomic E-state index is 12.3. The second-order valence-corrected chi connectivity index (χ2v) is 7.59. The van der Waals surface area contributed by atoms with E-state index in [4.69, 9.17) is 23.3 Å². The number of hydrogen-bond donors (Lipinski definition) is 5. The highest BCUT2D eigenvalue weighted by Crippen LogP contribution is 2.23. The zero-order chi connectivity index (χ0) is 23.6. The summed E-state index contributed by atoms with van der Waals surface area (Å²) in [5.74, 6) is 10.9. The number of aromatic nitrogens is 4. The number of nitrogens with two attached hydrogens (primary N) is 2. The third-order valence-corrected chi connectivity index (χ3v) is 5.24. The second kappa shape index (κ2) is 11.9. The summed E-state index contributed by atoms with van der Waals surface area (Å²) < 4.78 is 1.57. The van der Waals surface area contributed by atoms with E-state index in [-0.39, 0.29) is 17.3 Å². The lowest BCUT2D eigenvalue weighted by Gasteiger charge is -2.09. The number of hydrazone groups is 1. The molecule has 3 aromatic heterocycles. The molecule has 0 bridgehead atoms. The lowest BCUT2D eigenvalue weighted by molar-refractivity contribution is 0.102. The summed E-state index contributed by atoms with van der Waals surface area (Å²) in [6.45, 7) is 2.50. The van der Waals surface area contributed by atoms with Gasteiger partial charge in [0, 0.05) is 30.6 Å². The summed E-state index contributed by atoms with van der Waals surface area (Å²) in [5.41, 5.74) is 4.63.